The van der Waals surface area contributed by atoms with Gasteiger partial charge in [0.2, 0.25) is 0 Å². The summed E-state index contributed by atoms with van der Waals surface area (Å²) in [5.41, 5.74) is -0.0281. The van der Waals surface area contributed by atoms with Crippen LogP contribution in [0.5, 0.6) is 0 Å². The maximum atomic E-state index is 13.1. The first kappa shape index (κ1) is 15.1. The Balaban J connectivity index is 1.98. The van der Waals surface area contributed by atoms with Crippen molar-refractivity contribution in [3.05, 3.63) is 35.4 Å². The normalized spacial score (nSPS) is 19.0. The molecule has 3 nitrogen and oxygen atoms in total. The minimum absolute atomic E-state index is 0.0913. The molecule has 2 rings (SSSR count). The topological polar surface area (TPSA) is 29.5 Å². The molecule has 0 aromatic heterocycles. The first-order valence-corrected chi connectivity index (χ1v) is 6.70. The summed E-state index contributed by atoms with van der Waals surface area (Å²) in [6.45, 7) is 6.70. The van der Waals surface area contributed by atoms with Crippen LogP contribution >= 0.6 is 0 Å². The molecule has 5 heteroatoms. The van der Waals surface area contributed by atoms with E-state index < -0.39 is 11.6 Å². The number of morpholine rings is 1. The summed E-state index contributed by atoms with van der Waals surface area (Å²) in [6, 6.07) is 2.92. The highest BCUT2D eigenvalue weighted by Gasteiger charge is 2.30. The van der Waals surface area contributed by atoms with Gasteiger partial charge in [0.25, 0.3) is 0 Å². The number of nitrogens with zero attached hydrogens (tertiary/aromatic N) is 1. The van der Waals surface area contributed by atoms with Crippen molar-refractivity contribution in [3.8, 4) is 0 Å². The Hall–Kier alpha value is -1.33. The molecule has 20 heavy (non-hydrogen) atoms. The molecule has 1 aliphatic heterocycles. The molecule has 1 aromatic carbocycles. The van der Waals surface area contributed by atoms with Gasteiger partial charge in [-0.1, -0.05) is 0 Å². The number of carbonyl (C=O) groups excluding carboxylic acids is 1. The highest BCUT2D eigenvalue weighted by molar-refractivity contribution is 5.96. The van der Waals surface area contributed by atoms with Crippen LogP contribution in [0.1, 0.15) is 30.6 Å². The first-order valence-electron chi connectivity index (χ1n) is 6.70. The lowest BCUT2D eigenvalue weighted by atomic mass is 10.0. The minimum atomic E-state index is -0.722. The lowest BCUT2D eigenvalue weighted by molar-refractivity contribution is -0.0502. The Labute approximate surface area is 117 Å². The molecule has 0 amide bonds. The molecular formula is C15H19F2NO2. The van der Waals surface area contributed by atoms with Crippen LogP contribution in [-0.2, 0) is 4.74 Å². The largest absolute Gasteiger partial charge is 0.378 e. The van der Waals surface area contributed by atoms with Crippen molar-refractivity contribution < 1.29 is 18.3 Å². The van der Waals surface area contributed by atoms with E-state index in [0.29, 0.717) is 19.8 Å². The average Bonchev–Trinajstić information content (AvgIpc) is 2.35. The average molecular weight is 283 g/mol. The number of hydrogen-bond donors (Lipinski definition) is 0. The Kier molecular flexibility index (Phi) is 4.50. The molecule has 0 N–H and O–H groups in total. The monoisotopic (exact) mass is 283 g/mol. The fourth-order valence-electron chi connectivity index (χ4n) is 2.40. The second-order valence-electron chi connectivity index (χ2n) is 5.68. The first-order chi connectivity index (χ1) is 9.38. The molecular weight excluding hydrogens is 264 g/mol. The quantitative estimate of drug-likeness (QED) is 0.796. The summed E-state index contributed by atoms with van der Waals surface area (Å²) in [5, 5.41) is 0. The molecule has 0 bridgehead atoms. The number of halogens is 2. The van der Waals surface area contributed by atoms with Crippen molar-refractivity contribution in [2.75, 3.05) is 26.3 Å². The molecule has 110 valence electrons. The van der Waals surface area contributed by atoms with E-state index in [2.05, 4.69) is 18.7 Å². The van der Waals surface area contributed by atoms with Gasteiger partial charge >= 0.3 is 0 Å². The third kappa shape index (κ3) is 3.61. The second kappa shape index (κ2) is 5.97. The SMILES string of the molecule is CC1(C)COCCN1CCC(=O)c1cc(F)cc(F)c1. The van der Waals surface area contributed by atoms with Gasteiger partial charge in [0.1, 0.15) is 11.6 Å². The number of hydrogen-bond acceptors (Lipinski definition) is 3. The van der Waals surface area contributed by atoms with Crippen molar-refractivity contribution in [2.24, 2.45) is 0 Å². The number of benzene rings is 1. The molecule has 0 saturated carbocycles. The molecule has 1 aromatic rings. The summed E-state index contributed by atoms with van der Waals surface area (Å²) in [5.74, 6) is -1.69. The third-order valence-corrected chi connectivity index (χ3v) is 3.61. The zero-order valence-corrected chi connectivity index (χ0v) is 11.8. The van der Waals surface area contributed by atoms with Crippen LogP contribution in [0.2, 0.25) is 0 Å². The van der Waals surface area contributed by atoms with Crippen molar-refractivity contribution in [2.45, 2.75) is 25.8 Å². The van der Waals surface area contributed by atoms with Crippen molar-refractivity contribution >= 4 is 5.78 Å². The predicted octanol–water partition coefficient (Wildman–Crippen LogP) is 2.65. The van der Waals surface area contributed by atoms with Gasteiger partial charge in [0.15, 0.2) is 5.78 Å². The smallest absolute Gasteiger partial charge is 0.164 e. The van der Waals surface area contributed by atoms with E-state index in [-0.39, 0.29) is 23.3 Å². The number of ether oxygens (including phenoxy) is 1. The van der Waals surface area contributed by atoms with Gasteiger partial charge in [-0.15, -0.1) is 0 Å². The van der Waals surface area contributed by atoms with Crippen LogP contribution in [0.15, 0.2) is 18.2 Å². The summed E-state index contributed by atoms with van der Waals surface area (Å²) < 4.78 is 31.6. The minimum Gasteiger partial charge on any atom is -0.378 e. The Bertz CT molecular complexity index is 482. The van der Waals surface area contributed by atoms with Crippen LogP contribution in [0.3, 0.4) is 0 Å². The maximum absolute atomic E-state index is 13.1. The van der Waals surface area contributed by atoms with E-state index in [1.165, 1.54) is 0 Å². The number of ketones is 1. The summed E-state index contributed by atoms with van der Waals surface area (Å²) >= 11 is 0. The van der Waals surface area contributed by atoms with Crippen molar-refractivity contribution in [1.82, 2.24) is 4.90 Å². The molecule has 0 radical (unpaired) electrons. The molecule has 1 fully saturated rings. The fraction of sp³-hybridized carbons (Fsp3) is 0.533. The Morgan fingerprint density at radius 1 is 1.30 bits per heavy atom. The summed E-state index contributed by atoms with van der Waals surface area (Å²) in [4.78, 5) is 14.2. The van der Waals surface area contributed by atoms with E-state index in [0.717, 1.165) is 24.7 Å². The Morgan fingerprint density at radius 2 is 1.95 bits per heavy atom. The predicted molar refractivity (Wildman–Crippen MR) is 71.8 cm³/mol. The standard InChI is InChI=1S/C15H19F2NO2/c1-15(2)10-20-6-5-18(15)4-3-14(19)11-7-12(16)9-13(17)8-11/h7-9H,3-6,10H2,1-2H3. The van der Waals surface area contributed by atoms with Crippen molar-refractivity contribution in [3.63, 3.8) is 0 Å². The highest BCUT2D eigenvalue weighted by Crippen LogP contribution is 2.19. The second-order valence-corrected chi connectivity index (χ2v) is 5.68. The van der Waals surface area contributed by atoms with Crippen LogP contribution in [0, 0.1) is 11.6 Å². The third-order valence-electron chi connectivity index (χ3n) is 3.61. The molecule has 1 heterocycles. The van der Waals surface area contributed by atoms with Crippen LogP contribution in [-0.4, -0.2) is 42.5 Å². The van der Waals surface area contributed by atoms with Gasteiger partial charge in [-0.3, -0.25) is 9.69 Å². The lowest BCUT2D eigenvalue weighted by Crippen LogP contribution is -2.53. The van der Waals surface area contributed by atoms with Crippen LogP contribution < -0.4 is 0 Å². The van der Waals surface area contributed by atoms with Gasteiger partial charge in [-0.05, 0) is 26.0 Å². The number of carbonyl (C=O) groups is 1. The maximum Gasteiger partial charge on any atom is 0.164 e. The van der Waals surface area contributed by atoms with E-state index >= 15 is 0 Å². The van der Waals surface area contributed by atoms with Gasteiger partial charge in [0, 0.05) is 36.7 Å². The van der Waals surface area contributed by atoms with Crippen LogP contribution in [0.4, 0.5) is 8.78 Å². The van der Waals surface area contributed by atoms with Gasteiger partial charge < -0.3 is 4.74 Å². The lowest BCUT2D eigenvalue weighted by Gasteiger charge is -2.42. The summed E-state index contributed by atoms with van der Waals surface area (Å²) in [7, 11) is 0. The highest BCUT2D eigenvalue weighted by atomic mass is 19.1. The molecule has 0 spiro atoms. The molecule has 1 saturated heterocycles. The van der Waals surface area contributed by atoms with Gasteiger partial charge in [-0.25, -0.2) is 8.78 Å². The zero-order chi connectivity index (χ0) is 14.8. The number of rotatable bonds is 4. The van der Waals surface area contributed by atoms with E-state index in [4.69, 9.17) is 4.74 Å². The molecule has 0 aliphatic carbocycles. The Morgan fingerprint density at radius 3 is 2.55 bits per heavy atom. The van der Waals surface area contributed by atoms with E-state index in [1.807, 2.05) is 0 Å². The van der Waals surface area contributed by atoms with E-state index in [9.17, 15) is 13.6 Å². The fourth-order valence-corrected chi connectivity index (χ4v) is 2.40. The van der Waals surface area contributed by atoms with Crippen molar-refractivity contribution in [1.29, 1.82) is 0 Å². The van der Waals surface area contributed by atoms with Gasteiger partial charge in [-0.2, -0.15) is 0 Å². The van der Waals surface area contributed by atoms with Crippen LogP contribution in [0.25, 0.3) is 0 Å². The number of Topliss-reactive ketones (excluding diaryl/α,β-unsaturated/α-hetero) is 1. The molecule has 1 aliphatic rings. The van der Waals surface area contributed by atoms with E-state index in [1.54, 1.807) is 0 Å². The molecule has 0 atom stereocenters. The zero-order valence-electron chi connectivity index (χ0n) is 11.8. The summed E-state index contributed by atoms with van der Waals surface area (Å²) in [6.07, 6.45) is 0.242. The van der Waals surface area contributed by atoms with Gasteiger partial charge in [0.05, 0.1) is 13.2 Å². The molecule has 0 unspecified atom stereocenters.